The summed E-state index contributed by atoms with van der Waals surface area (Å²) in [5.41, 5.74) is 0.205. The molecule has 2 fully saturated rings. The lowest BCUT2D eigenvalue weighted by Crippen LogP contribution is -2.64. The monoisotopic (exact) mass is 296 g/mol. The third-order valence-electron chi connectivity index (χ3n) is 4.96. The van der Waals surface area contributed by atoms with Crippen LogP contribution in [0.25, 0.3) is 0 Å². The molecule has 1 aliphatic heterocycles. The second kappa shape index (κ2) is 6.97. The maximum Gasteiger partial charge on any atom is 0.0600 e. The molecule has 3 nitrogen and oxygen atoms in total. The highest BCUT2D eigenvalue weighted by Gasteiger charge is 2.36. The SMILES string of the molecule is CC1(C)CN(CCOC(C)(C)C)C(C2CCCCC2)CN1. The highest BCUT2D eigenvalue weighted by Crippen LogP contribution is 2.31. The van der Waals surface area contributed by atoms with Crippen LogP contribution in [0.1, 0.15) is 66.7 Å². The number of rotatable bonds is 4. The fraction of sp³-hybridized carbons (Fsp3) is 1.00. The molecule has 1 unspecified atom stereocenters. The fourth-order valence-electron chi connectivity index (χ4n) is 3.89. The van der Waals surface area contributed by atoms with Gasteiger partial charge in [-0.15, -0.1) is 0 Å². The zero-order valence-corrected chi connectivity index (χ0v) is 14.9. The summed E-state index contributed by atoms with van der Waals surface area (Å²) in [6.07, 6.45) is 7.13. The van der Waals surface area contributed by atoms with Gasteiger partial charge in [0, 0.05) is 31.2 Å². The molecule has 0 radical (unpaired) electrons. The molecular formula is C18H36N2O. The van der Waals surface area contributed by atoms with Crippen molar-refractivity contribution >= 4 is 0 Å². The van der Waals surface area contributed by atoms with Crippen LogP contribution in [0.4, 0.5) is 0 Å². The van der Waals surface area contributed by atoms with E-state index in [2.05, 4.69) is 44.8 Å². The molecule has 1 N–H and O–H groups in total. The standard InChI is InChI=1S/C18H36N2O/c1-17(2,3)21-12-11-20-14-18(4,5)19-13-16(20)15-9-7-6-8-10-15/h15-16,19H,6-14H2,1-5H3. The molecule has 0 spiro atoms. The molecule has 21 heavy (non-hydrogen) atoms. The van der Waals surface area contributed by atoms with E-state index in [-0.39, 0.29) is 11.1 Å². The number of hydrogen-bond donors (Lipinski definition) is 1. The Labute approximate surface area is 131 Å². The van der Waals surface area contributed by atoms with Gasteiger partial charge in [-0.3, -0.25) is 4.90 Å². The van der Waals surface area contributed by atoms with Crippen LogP contribution in [0.5, 0.6) is 0 Å². The maximum absolute atomic E-state index is 5.97. The van der Waals surface area contributed by atoms with Gasteiger partial charge in [-0.1, -0.05) is 19.3 Å². The van der Waals surface area contributed by atoms with Gasteiger partial charge in [-0.05, 0) is 53.4 Å². The lowest BCUT2D eigenvalue weighted by molar-refractivity contribution is -0.0337. The van der Waals surface area contributed by atoms with Crippen molar-refractivity contribution in [2.75, 3.05) is 26.2 Å². The molecular weight excluding hydrogens is 260 g/mol. The van der Waals surface area contributed by atoms with Crippen LogP contribution in [0.2, 0.25) is 0 Å². The first kappa shape index (κ1) is 17.2. The van der Waals surface area contributed by atoms with Crippen LogP contribution >= 0.6 is 0 Å². The number of hydrogen-bond acceptors (Lipinski definition) is 3. The number of ether oxygens (including phenoxy) is 1. The topological polar surface area (TPSA) is 24.5 Å². The van der Waals surface area contributed by atoms with Crippen LogP contribution in [0.3, 0.4) is 0 Å². The molecule has 1 aliphatic carbocycles. The number of piperazine rings is 1. The summed E-state index contributed by atoms with van der Waals surface area (Å²) in [6, 6.07) is 0.710. The molecule has 0 aromatic heterocycles. The van der Waals surface area contributed by atoms with Gasteiger partial charge in [-0.2, -0.15) is 0 Å². The van der Waals surface area contributed by atoms with E-state index in [1.54, 1.807) is 0 Å². The Bertz CT molecular complexity index is 316. The van der Waals surface area contributed by atoms with Crippen molar-refractivity contribution in [2.45, 2.75) is 83.9 Å². The Morgan fingerprint density at radius 1 is 1.14 bits per heavy atom. The summed E-state index contributed by atoms with van der Waals surface area (Å²) in [5.74, 6) is 0.886. The van der Waals surface area contributed by atoms with E-state index in [1.165, 1.54) is 32.1 Å². The minimum absolute atomic E-state index is 0.0239. The molecule has 124 valence electrons. The van der Waals surface area contributed by atoms with E-state index in [0.717, 1.165) is 32.2 Å². The highest BCUT2D eigenvalue weighted by atomic mass is 16.5. The highest BCUT2D eigenvalue weighted by molar-refractivity contribution is 4.95. The van der Waals surface area contributed by atoms with Crippen LogP contribution in [-0.4, -0.2) is 48.3 Å². The van der Waals surface area contributed by atoms with Crippen LogP contribution in [0, 0.1) is 5.92 Å². The minimum atomic E-state index is -0.0239. The summed E-state index contributed by atoms with van der Waals surface area (Å²) in [5, 5.41) is 3.76. The minimum Gasteiger partial charge on any atom is -0.375 e. The van der Waals surface area contributed by atoms with E-state index < -0.39 is 0 Å². The lowest BCUT2D eigenvalue weighted by atomic mass is 9.81. The maximum atomic E-state index is 5.97. The van der Waals surface area contributed by atoms with Crippen molar-refractivity contribution in [1.29, 1.82) is 0 Å². The molecule has 0 aromatic carbocycles. The first-order valence-corrected chi connectivity index (χ1v) is 8.90. The molecule has 1 saturated carbocycles. The van der Waals surface area contributed by atoms with E-state index in [4.69, 9.17) is 4.74 Å². The largest absolute Gasteiger partial charge is 0.375 e. The van der Waals surface area contributed by atoms with Crippen LogP contribution in [0.15, 0.2) is 0 Å². The molecule has 2 aliphatic rings. The van der Waals surface area contributed by atoms with Crippen molar-refractivity contribution in [1.82, 2.24) is 10.2 Å². The molecule has 2 rings (SSSR count). The molecule has 0 bridgehead atoms. The number of nitrogens with zero attached hydrogens (tertiary/aromatic N) is 1. The third kappa shape index (κ3) is 5.54. The fourth-order valence-corrected chi connectivity index (χ4v) is 3.89. The Kier molecular flexibility index (Phi) is 5.72. The summed E-state index contributed by atoms with van der Waals surface area (Å²) in [7, 11) is 0. The van der Waals surface area contributed by atoms with Gasteiger partial charge in [-0.25, -0.2) is 0 Å². The third-order valence-corrected chi connectivity index (χ3v) is 4.96. The quantitative estimate of drug-likeness (QED) is 0.860. The molecule has 0 aromatic rings. The van der Waals surface area contributed by atoms with Crippen molar-refractivity contribution in [3.05, 3.63) is 0 Å². The van der Waals surface area contributed by atoms with Crippen molar-refractivity contribution in [3.8, 4) is 0 Å². The second-order valence-electron chi connectivity index (χ2n) is 8.66. The molecule has 1 saturated heterocycles. The van der Waals surface area contributed by atoms with Crippen LogP contribution in [-0.2, 0) is 4.74 Å². The van der Waals surface area contributed by atoms with Crippen molar-refractivity contribution in [2.24, 2.45) is 5.92 Å². The van der Waals surface area contributed by atoms with Gasteiger partial charge in [0.05, 0.1) is 12.2 Å². The first-order valence-electron chi connectivity index (χ1n) is 8.90. The van der Waals surface area contributed by atoms with Crippen molar-refractivity contribution < 1.29 is 4.74 Å². The average Bonchev–Trinajstić information content (AvgIpc) is 2.37. The predicted octanol–water partition coefficient (Wildman–Crippen LogP) is 3.43. The zero-order valence-electron chi connectivity index (χ0n) is 14.9. The summed E-state index contributed by atoms with van der Waals surface area (Å²) in [4.78, 5) is 2.71. The average molecular weight is 296 g/mol. The number of nitrogens with one attached hydrogen (secondary N) is 1. The zero-order chi connectivity index (χ0) is 15.5. The Balaban J connectivity index is 1.93. The normalized spacial score (nSPS) is 28.7. The van der Waals surface area contributed by atoms with Gasteiger partial charge in [0.15, 0.2) is 0 Å². The molecule has 1 heterocycles. The molecule has 0 amide bonds. The van der Waals surface area contributed by atoms with Gasteiger partial charge < -0.3 is 10.1 Å². The summed E-state index contributed by atoms with van der Waals surface area (Å²) in [6.45, 7) is 15.3. The van der Waals surface area contributed by atoms with Gasteiger partial charge in [0.25, 0.3) is 0 Å². The van der Waals surface area contributed by atoms with Gasteiger partial charge >= 0.3 is 0 Å². The van der Waals surface area contributed by atoms with E-state index in [1.807, 2.05) is 0 Å². The van der Waals surface area contributed by atoms with Gasteiger partial charge in [0.2, 0.25) is 0 Å². The second-order valence-corrected chi connectivity index (χ2v) is 8.66. The first-order chi connectivity index (χ1) is 9.77. The summed E-state index contributed by atoms with van der Waals surface area (Å²) < 4.78 is 5.97. The Hall–Kier alpha value is -0.120. The van der Waals surface area contributed by atoms with Crippen molar-refractivity contribution in [3.63, 3.8) is 0 Å². The van der Waals surface area contributed by atoms with E-state index >= 15 is 0 Å². The van der Waals surface area contributed by atoms with E-state index in [0.29, 0.717) is 6.04 Å². The van der Waals surface area contributed by atoms with Crippen LogP contribution < -0.4 is 5.32 Å². The lowest BCUT2D eigenvalue weighted by Gasteiger charge is -2.48. The molecule has 3 heteroatoms. The van der Waals surface area contributed by atoms with Gasteiger partial charge in [0.1, 0.15) is 0 Å². The molecule has 1 atom stereocenters. The smallest absolute Gasteiger partial charge is 0.0600 e. The Morgan fingerprint density at radius 2 is 1.81 bits per heavy atom. The van der Waals surface area contributed by atoms with E-state index in [9.17, 15) is 0 Å². The summed E-state index contributed by atoms with van der Waals surface area (Å²) >= 11 is 0. The predicted molar refractivity (Wildman–Crippen MR) is 89.7 cm³/mol. The Morgan fingerprint density at radius 3 is 2.43 bits per heavy atom.